The lowest BCUT2D eigenvalue weighted by Crippen LogP contribution is -2.51. The van der Waals surface area contributed by atoms with Gasteiger partial charge in [-0.15, -0.1) is 0 Å². The normalized spacial score (nSPS) is 17.7. The summed E-state index contributed by atoms with van der Waals surface area (Å²) in [5, 5.41) is 5.64. The number of hydrogen-bond donors (Lipinski definition) is 3. The second kappa shape index (κ2) is 7.12. The summed E-state index contributed by atoms with van der Waals surface area (Å²) < 4.78 is 0. The minimum atomic E-state index is -0.822. The van der Waals surface area contributed by atoms with E-state index in [1.54, 1.807) is 4.90 Å². The molecule has 0 radical (unpaired) electrons. The molecule has 7 heteroatoms. The molecule has 1 saturated heterocycles. The number of likely N-dealkylation sites (tertiary alicyclic amines) is 1. The van der Waals surface area contributed by atoms with Crippen molar-refractivity contribution in [2.75, 3.05) is 13.1 Å². The van der Waals surface area contributed by atoms with Gasteiger partial charge < -0.3 is 21.3 Å². The Kier molecular flexibility index (Phi) is 5.79. The molecule has 1 atom stereocenters. The van der Waals surface area contributed by atoms with Gasteiger partial charge in [-0.3, -0.25) is 9.59 Å². The van der Waals surface area contributed by atoms with Crippen LogP contribution in [0.1, 0.15) is 33.6 Å². The molecular formula is C13H24N4O3. The van der Waals surface area contributed by atoms with Gasteiger partial charge in [-0.2, -0.15) is 0 Å². The molecule has 0 aromatic carbocycles. The number of rotatable bonds is 4. The number of urea groups is 1. The van der Waals surface area contributed by atoms with Crippen molar-refractivity contribution in [3.8, 4) is 0 Å². The van der Waals surface area contributed by atoms with Gasteiger partial charge in [-0.1, -0.05) is 0 Å². The van der Waals surface area contributed by atoms with Gasteiger partial charge in [0.1, 0.15) is 5.92 Å². The maximum atomic E-state index is 11.8. The monoisotopic (exact) mass is 284 g/mol. The first-order chi connectivity index (χ1) is 9.31. The third-order valence-electron chi connectivity index (χ3n) is 3.36. The molecule has 0 saturated carbocycles. The highest BCUT2D eigenvalue weighted by molar-refractivity contribution is 5.99. The van der Waals surface area contributed by atoms with E-state index >= 15 is 0 Å². The summed E-state index contributed by atoms with van der Waals surface area (Å²) >= 11 is 0. The number of nitrogens with two attached hydrogens (primary N) is 1. The van der Waals surface area contributed by atoms with Crippen molar-refractivity contribution >= 4 is 17.8 Å². The Bertz CT molecular complexity index is 376. The highest BCUT2D eigenvalue weighted by Gasteiger charge is 2.26. The molecule has 114 valence electrons. The van der Waals surface area contributed by atoms with E-state index in [4.69, 9.17) is 5.73 Å². The molecule has 4 amide bonds. The van der Waals surface area contributed by atoms with Crippen LogP contribution in [0.5, 0.6) is 0 Å². The van der Waals surface area contributed by atoms with Crippen LogP contribution in [-0.4, -0.2) is 47.9 Å². The maximum absolute atomic E-state index is 11.8. The number of nitrogens with one attached hydrogen (secondary N) is 2. The Balaban J connectivity index is 2.37. The number of carbonyl (C=O) groups excluding carboxylic acids is 3. The number of hydrogen-bond acceptors (Lipinski definition) is 3. The van der Waals surface area contributed by atoms with E-state index in [0.717, 1.165) is 0 Å². The molecule has 0 bridgehead atoms. The van der Waals surface area contributed by atoms with Crippen molar-refractivity contribution < 1.29 is 14.4 Å². The molecule has 0 aromatic heterocycles. The molecule has 1 aliphatic rings. The molecule has 1 rings (SSSR count). The quantitative estimate of drug-likeness (QED) is 0.623. The van der Waals surface area contributed by atoms with Crippen molar-refractivity contribution in [3.63, 3.8) is 0 Å². The van der Waals surface area contributed by atoms with Gasteiger partial charge in [0.15, 0.2) is 0 Å². The van der Waals surface area contributed by atoms with Crippen molar-refractivity contribution in [1.82, 2.24) is 15.5 Å². The van der Waals surface area contributed by atoms with Crippen LogP contribution >= 0.6 is 0 Å². The zero-order valence-corrected chi connectivity index (χ0v) is 12.3. The Morgan fingerprint density at radius 1 is 1.15 bits per heavy atom. The van der Waals surface area contributed by atoms with E-state index in [9.17, 15) is 14.4 Å². The highest BCUT2D eigenvalue weighted by Crippen LogP contribution is 2.11. The Labute approximate surface area is 119 Å². The topological polar surface area (TPSA) is 105 Å². The predicted molar refractivity (Wildman–Crippen MR) is 74.8 cm³/mol. The first-order valence-electron chi connectivity index (χ1n) is 6.96. The Morgan fingerprint density at radius 3 is 2.15 bits per heavy atom. The lowest BCUT2D eigenvalue weighted by Gasteiger charge is -2.33. The number of carbonyl (C=O) groups is 3. The molecule has 0 aromatic rings. The fourth-order valence-electron chi connectivity index (χ4n) is 2.02. The van der Waals surface area contributed by atoms with Crippen LogP contribution in [0.2, 0.25) is 0 Å². The summed E-state index contributed by atoms with van der Waals surface area (Å²) in [4.78, 5) is 36.2. The zero-order valence-electron chi connectivity index (χ0n) is 12.3. The maximum Gasteiger partial charge on any atom is 0.317 e. The Hall–Kier alpha value is -1.79. The highest BCUT2D eigenvalue weighted by atomic mass is 16.2. The summed E-state index contributed by atoms with van der Waals surface area (Å²) in [6, 6.07) is 0.0269. The van der Waals surface area contributed by atoms with Gasteiger partial charge in [-0.25, -0.2) is 4.79 Å². The van der Waals surface area contributed by atoms with Crippen molar-refractivity contribution in [2.24, 2.45) is 11.7 Å². The van der Waals surface area contributed by atoms with Gasteiger partial charge >= 0.3 is 6.03 Å². The average molecular weight is 284 g/mol. The van der Waals surface area contributed by atoms with Gasteiger partial charge in [0.05, 0.1) is 0 Å². The second-order valence-electron chi connectivity index (χ2n) is 5.50. The summed E-state index contributed by atoms with van der Waals surface area (Å²) in [6.07, 6.45) is 1.37. The molecule has 20 heavy (non-hydrogen) atoms. The number of amides is 4. The lowest BCUT2D eigenvalue weighted by molar-refractivity contribution is -0.133. The zero-order chi connectivity index (χ0) is 15.3. The van der Waals surface area contributed by atoms with E-state index in [2.05, 4.69) is 10.6 Å². The predicted octanol–water partition coefficient (Wildman–Crippen LogP) is -0.194. The molecule has 1 aliphatic heterocycles. The largest absolute Gasteiger partial charge is 0.369 e. The molecule has 7 nitrogen and oxygen atoms in total. The van der Waals surface area contributed by atoms with Crippen molar-refractivity contribution in [1.29, 1.82) is 0 Å². The van der Waals surface area contributed by atoms with Crippen molar-refractivity contribution in [2.45, 2.75) is 45.7 Å². The van der Waals surface area contributed by atoms with Crippen LogP contribution in [0, 0.1) is 5.92 Å². The van der Waals surface area contributed by atoms with Gasteiger partial charge in [0, 0.05) is 25.2 Å². The first kappa shape index (κ1) is 16.3. The van der Waals surface area contributed by atoms with Crippen LogP contribution in [-0.2, 0) is 9.59 Å². The smallest absolute Gasteiger partial charge is 0.317 e. The van der Waals surface area contributed by atoms with Crippen LogP contribution in [0.25, 0.3) is 0 Å². The molecule has 4 N–H and O–H groups in total. The van der Waals surface area contributed by atoms with Gasteiger partial charge in [-0.05, 0) is 33.6 Å². The van der Waals surface area contributed by atoms with Crippen LogP contribution < -0.4 is 16.4 Å². The number of primary amides is 1. The van der Waals surface area contributed by atoms with Gasteiger partial charge in [0.25, 0.3) is 0 Å². The van der Waals surface area contributed by atoms with E-state index < -0.39 is 11.8 Å². The molecule has 1 fully saturated rings. The fraction of sp³-hybridized carbons (Fsp3) is 0.769. The van der Waals surface area contributed by atoms with E-state index in [-0.39, 0.29) is 24.0 Å². The van der Waals surface area contributed by atoms with Crippen molar-refractivity contribution in [3.05, 3.63) is 0 Å². The standard InChI is InChI=1S/C13H24N4O3/c1-8(2)15-13(20)17-6-4-10(5-7-17)16-12(19)9(3)11(14)18/h8-10H,4-7H2,1-3H3,(H2,14,18)(H,15,20)(H,16,19). The van der Waals surface area contributed by atoms with Crippen LogP contribution in [0.4, 0.5) is 4.79 Å². The summed E-state index contributed by atoms with van der Waals surface area (Å²) in [6.45, 7) is 6.50. The minimum Gasteiger partial charge on any atom is -0.369 e. The van der Waals surface area contributed by atoms with Gasteiger partial charge in [0.2, 0.25) is 11.8 Å². The summed E-state index contributed by atoms with van der Waals surface area (Å²) in [5.74, 6) is -1.80. The number of piperidine rings is 1. The van der Waals surface area contributed by atoms with Crippen LogP contribution in [0.3, 0.4) is 0 Å². The SMILES string of the molecule is CC(C)NC(=O)N1CCC(NC(=O)C(C)C(N)=O)CC1. The Morgan fingerprint density at radius 2 is 1.70 bits per heavy atom. The summed E-state index contributed by atoms with van der Waals surface area (Å²) in [5.41, 5.74) is 5.09. The summed E-state index contributed by atoms with van der Waals surface area (Å²) in [7, 11) is 0. The van der Waals surface area contributed by atoms with E-state index in [1.165, 1.54) is 6.92 Å². The van der Waals surface area contributed by atoms with E-state index in [0.29, 0.717) is 25.9 Å². The minimum absolute atomic E-state index is 0.00704. The fourth-order valence-corrected chi connectivity index (χ4v) is 2.02. The first-order valence-corrected chi connectivity index (χ1v) is 6.96. The van der Waals surface area contributed by atoms with E-state index in [1.807, 2.05) is 13.8 Å². The molecular weight excluding hydrogens is 260 g/mol. The van der Waals surface area contributed by atoms with Crippen LogP contribution in [0.15, 0.2) is 0 Å². The molecule has 1 heterocycles. The number of nitrogens with zero attached hydrogens (tertiary/aromatic N) is 1. The molecule has 0 spiro atoms. The average Bonchev–Trinajstić information content (AvgIpc) is 2.37. The third kappa shape index (κ3) is 4.71. The lowest BCUT2D eigenvalue weighted by atomic mass is 10.0. The third-order valence-corrected chi connectivity index (χ3v) is 3.36. The second-order valence-corrected chi connectivity index (χ2v) is 5.50. The molecule has 1 unspecified atom stereocenters. The molecule has 0 aliphatic carbocycles.